The minimum Gasteiger partial charge on any atom is -0.329 e. The van der Waals surface area contributed by atoms with Crippen molar-refractivity contribution in [3.63, 3.8) is 0 Å². The van der Waals surface area contributed by atoms with Gasteiger partial charge in [-0.2, -0.15) is 5.10 Å². The fourth-order valence-corrected chi connectivity index (χ4v) is 3.63. The molecule has 1 saturated heterocycles. The number of aromatic nitrogens is 4. The van der Waals surface area contributed by atoms with E-state index in [1.807, 2.05) is 47.1 Å². The number of imidazole rings is 1. The van der Waals surface area contributed by atoms with Crippen molar-refractivity contribution in [1.29, 1.82) is 0 Å². The molecule has 1 amide bonds. The van der Waals surface area contributed by atoms with Gasteiger partial charge in [-0.15, -0.1) is 0 Å². The molecule has 6 heteroatoms. The standard InChI is InChI=1S/C19H23N5O/c1-13(2)24-12-10-15(21-24)19(25)23-11-6-9-17(23)18-20-14-7-4-5-8-16(14)22(18)3/h4-5,7-8,10,12-13,17H,6,9,11H2,1-3H3. The third-order valence-corrected chi connectivity index (χ3v) is 4.99. The Labute approximate surface area is 147 Å². The van der Waals surface area contributed by atoms with E-state index in [4.69, 9.17) is 4.98 Å². The molecule has 6 nitrogen and oxygen atoms in total. The van der Waals surface area contributed by atoms with Gasteiger partial charge in [-0.1, -0.05) is 12.1 Å². The van der Waals surface area contributed by atoms with Crippen LogP contribution in [0.25, 0.3) is 11.0 Å². The summed E-state index contributed by atoms with van der Waals surface area (Å²) in [5, 5.41) is 4.45. The molecule has 1 aliphatic heterocycles. The maximum absolute atomic E-state index is 13.0. The van der Waals surface area contributed by atoms with Crippen molar-refractivity contribution >= 4 is 16.9 Å². The normalized spacial score (nSPS) is 17.8. The highest BCUT2D eigenvalue weighted by Crippen LogP contribution is 2.33. The van der Waals surface area contributed by atoms with Gasteiger partial charge >= 0.3 is 0 Å². The molecule has 0 N–H and O–H groups in total. The zero-order chi connectivity index (χ0) is 17.6. The van der Waals surface area contributed by atoms with Crippen molar-refractivity contribution in [2.75, 3.05) is 6.54 Å². The van der Waals surface area contributed by atoms with E-state index in [1.54, 1.807) is 0 Å². The van der Waals surface area contributed by atoms with Gasteiger partial charge in [-0.05, 0) is 44.9 Å². The van der Waals surface area contributed by atoms with Gasteiger partial charge in [-0.3, -0.25) is 9.48 Å². The molecule has 0 aliphatic carbocycles. The van der Waals surface area contributed by atoms with Gasteiger partial charge in [0.25, 0.3) is 5.91 Å². The van der Waals surface area contributed by atoms with Crippen LogP contribution in [0.1, 0.15) is 55.1 Å². The van der Waals surface area contributed by atoms with Gasteiger partial charge < -0.3 is 9.47 Å². The fourth-order valence-electron chi connectivity index (χ4n) is 3.63. The van der Waals surface area contributed by atoms with Gasteiger partial charge in [0.1, 0.15) is 11.5 Å². The highest BCUT2D eigenvalue weighted by atomic mass is 16.2. The van der Waals surface area contributed by atoms with Crippen molar-refractivity contribution in [2.24, 2.45) is 7.05 Å². The van der Waals surface area contributed by atoms with Crippen LogP contribution >= 0.6 is 0 Å². The minimum atomic E-state index is -0.00560. The Balaban J connectivity index is 1.67. The molecular weight excluding hydrogens is 314 g/mol. The second-order valence-corrected chi connectivity index (χ2v) is 6.95. The molecule has 130 valence electrons. The van der Waals surface area contributed by atoms with E-state index in [0.717, 1.165) is 36.2 Å². The molecule has 1 aliphatic rings. The monoisotopic (exact) mass is 337 g/mol. The predicted molar refractivity (Wildman–Crippen MR) is 96.3 cm³/mol. The third kappa shape index (κ3) is 2.62. The Bertz CT molecular complexity index is 923. The number of rotatable bonds is 3. The van der Waals surface area contributed by atoms with Crippen LogP contribution in [0.3, 0.4) is 0 Å². The smallest absolute Gasteiger partial charge is 0.274 e. The molecule has 25 heavy (non-hydrogen) atoms. The van der Waals surface area contributed by atoms with Crippen molar-refractivity contribution in [2.45, 2.75) is 38.8 Å². The molecular formula is C19H23N5O. The summed E-state index contributed by atoms with van der Waals surface area (Å²) in [6, 6.07) is 10.2. The first-order valence-corrected chi connectivity index (χ1v) is 8.83. The van der Waals surface area contributed by atoms with Crippen molar-refractivity contribution in [3.8, 4) is 0 Å². The van der Waals surface area contributed by atoms with Crippen molar-refractivity contribution in [3.05, 3.63) is 48.0 Å². The third-order valence-electron chi connectivity index (χ3n) is 4.99. The van der Waals surface area contributed by atoms with E-state index in [2.05, 4.69) is 29.6 Å². The summed E-state index contributed by atoms with van der Waals surface area (Å²) >= 11 is 0. The SMILES string of the molecule is CC(C)n1ccc(C(=O)N2CCCC2c2nc3ccccc3n2C)n1. The Kier molecular flexibility index (Phi) is 3.82. The lowest BCUT2D eigenvalue weighted by Crippen LogP contribution is -2.32. The predicted octanol–water partition coefficient (Wildman–Crippen LogP) is 3.33. The fraction of sp³-hybridized carbons (Fsp3) is 0.421. The van der Waals surface area contributed by atoms with Crippen LogP contribution in [0.15, 0.2) is 36.5 Å². The van der Waals surface area contributed by atoms with E-state index < -0.39 is 0 Å². The van der Waals surface area contributed by atoms with Crippen LogP contribution in [0.2, 0.25) is 0 Å². The van der Waals surface area contributed by atoms with Crippen LogP contribution < -0.4 is 0 Å². The number of fused-ring (bicyclic) bond motifs is 1. The number of likely N-dealkylation sites (tertiary alicyclic amines) is 1. The molecule has 3 aromatic rings. The van der Waals surface area contributed by atoms with Gasteiger partial charge in [0.15, 0.2) is 0 Å². The van der Waals surface area contributed by atoms with Crippen LogP contribution in [0.4, 0.5) is 0 Å². The van der Waals surface area contributed by atoms with E-state index in [9.17, 15) is 4.79 Å². The first kappa shape index (κ1) is 15.9. The summed E-state index contributed by atoms with van der Waals surface area (Å²) in [4.78, 5) is 19.7. The Hall–Kier alpha value is -2.63. The van der Waals surface area contributed by atoms with E-state index in [0.29, 0.717) is 5.69 Å². The molecule has 2 aromatic heterocycles. The number of benzene rings is 1. The number of amides is 1. The molecule has 0 saturated carbocycles. The highest BCUT2D eigenvalue weighted by Gasteiger charge is 2.34. The van der Waals surface area contributed by atoms with Crippen LogP contribution in [0, 0.1) is 0 Å². The molecule has 3 heterocycles. The number of nitrogens with zero attached hydrogens (tertiary/aromatic N) is 5. The van der Waals surface area contributed by atoms with Gasteiger partial charge in [-0.25, -0.2) is 4.98 Å². The van der Waals surface area contributed by atoms with E-state index in [-0.39, 0.29) is 18.0 Å². The number of aryl methyl sites for hydroxylation is 1. The minimum absolute atomic E-state index is 0.00560. The van der Waals surface area contributed by atoms with Gasteiger partial charge in [0, 0.05) is 25.8 Å². The topological polar surface area (TPSA) is 56.0 Å². The van der Waals surface area contributed by atoms with Gasteiger partial charge in [0.05, 0.1) is 17.1 Å². The molecule has 1 fully saturated rings. The number of hydrogen-bond acceptors (Lipinski definition) is 3. The molecule has 1 atom stereocenters. The Morgan fingerprint density at radius 2 is 2.04 bits per heavy atom. The molecule has 1 unspecified atom stereocenters. The maximum Gasteiger partial charge on any atom is 0.274 e. The largest absolute Gasteiger partial charge is 0.329 e. The molecule has 0 bridgehead atoms. The van der Waals surface area contributed by atoms with Crippen LogP contribution in [-0.2, 0) is 7.05 Å². The van der Waals surface area contributed by atoms with E-state index in [1.165, 1.54) is 0 Å². The zero-order valence-electron chi connectivity index (χ0n) is 14.9. The Morgan fingerprint density at radius 1 is 1.24 bits per heavy atom. The second kappa shape index (κ2) is 6.02. The lowest BCUT2D eigenvalue weighted by atomic mass is 10.2. The summed E-state index contributed by atoms with van der Waals surface area (Å²) in [6.07, 6.45) is 3.80. The Morgan fingerprint density at radius 3 is 2.76 bits per heavy atom. The van der Waals surface area contributed by atoms with Crippen LogP contribution in [-0.4, -0.2) is 36.7 Å². The number of para-hydroxylation sites is 2. The first-order chi connectivity index (χ1) is 12.1. The van der Waals surface area contributed by atoms with Crippen LogP contribution in [0.5, 0.6) is 0 Å². The summed E-state index contributed by atoms with van der Waals surface area (Å²) < 4.78 is 3.94. The number of carbonyl (C=O) groups is 1. The highest BCUT2D eigenvalue weighted by molar-refractivity contribution is 5.92. The van der Waals surface area contributed by atoms with Crippen molar-refractivity contribution < 1.29 is 4.79 Å². The maximum atomic E-state index is 13.0. The lowest BCUT2D eigenvalue weighted by Gasteiger charge is -2.23. The average molecular weight is 337 g/mol. The second-order valence-electron chi connectivity index (χ2n) is 6.95. The zero-order valence-corrected chi connectivity index (χ0v) is 14.9. The summed E-state index contributed by atoms with van der Waals surface area (Å²) in [7, 11) is 2.03. The number of hydrogen-bond donors (Lipinski definition) is 0. The average Bonchev–Trinajstić information content (AvgIpc) is 3.33. The molecule has 4 rings (SSSR count). The first-order valence-electron chi connectivity index (χ1n) is 8.83. The van der Waals surface area contributed by atoms with E-state index >= 15 is 0 Å². The quantitative estimate of drug-likeness (QED) is 0.736. The van der Waals surface area contributed by atoms with Crippen molar-refractivity contribution in [1.82, 2.24) is 24.2 Å². The molecule has 1 aromatic carbocycles. The summed E-state index contributed by atoms with van der Waals surface area (Å²) in [6.45, 7) is 4.86. The molecule has 0 radical (unpaired) electrons. The summed E-state index contributed by atoms with van der Waals surface area (Å²) in [5.41, 5.74) is 2.59. The van der Waals surface area contributed by atoms with Gasteiger partial charge in [0.2, 0.25) is 0 Å². The molecule has 0 spiro atoms. The lowest BCUT2D eigenvalue weighted by molar-refractivity contribution is 0.0721. The number of carbonyl (C=O) groups excluding carboxylic acids is 1. The summed E-state index contributed by atoms with van der Waals surface area (Å²) in [5.74, 6) is 0.948.